The highest BCUT2D eigenvalue weighted by molar-refractivity contribution is 9.10. The fraction of sp³-hybridized carbons (Fsp3) is 0.600. The van der Waals surface area contributed by atoms with Crippen LogP contribution in [0, 0.1) is 0 Å². The molecule has 0 saturated heterocycles. The van der Waals surface area contributed by atoms with E-state index < -0.39 is 0 Å². The monoisotopic (exact) mass is 277 g/mol. The van der Waals surface area contributed by atoms with Crippen LogP contribution in [0.15, 0.2) is 21.2 Å². The molecule has 0 amide bonds. The van der Waals surface area contributed by atoms with Crippen LogP contribution in [0.4, 0.5) is 0 Å². The average Bonchev–Trinajstić information content (AvgIpc) is 2.59. The molecule has 0 fully saturated rings. The van der Waals surface area contributed by atoms with Gasteiger partial charge in [0.1, 0.15) is 5.76 Å². The summed E-state index contributed by atoms with van der Waals surface area (Å²) < 4.78 is 6.51. The van der Waals surface area contributed by atoms with Crippen molar-refractivity contribution in [2.24, 2.45) is 0 Å². The summed E-state index contributed by atoms with van der Waals surface area (Å²) in [5.41, 5.74) is 0. The molecule has 0 aromatic carbocycles. The van der Waals surface area contributed by atoms with Crippen LogP contribution in [0.3, 0.4) is 0 Å². The van der Waals surface area contributed by atoms with Gasteiger partial charge in [-0.15, -0.1) is 0 Å². The van der Waals surface area contributed by atoms with Gasteiger partial charge in [0.05, 0.1) is 16.8 Å². The Balaban J connectivity index is 2.62. The van der Waals surface area contributed by atoms with Gasteiger partial charge in [0.15, 0.2) is 0 Å². The number of hydrogen-bond acceptors (Lipinski definition) is 3. The number of thioether (sulfide) groups is 1. The van der Waals surface area contributed by atoms with Crippen molar-refractivity contribution in [3.05, 3.63) is 22.6 Å². The molecule has 1 rings (SSSR count). The number of hydrogen-bond donors (Lipinski definition) is 1. The van der Waals surface area contributed by atoms with Crippen LogP contribution in [-0.4, -0.2) is 18.1 Å². The van der Waals surface area contributed by atoms with Crippen LogP contribution in [0.2, 0.25) is 0 Å². The van der Waals surface area contributed by atoms with Crippen LogP contribution in [0.1, 0.15) is 25.6 Å². The number of rotatable bonds is 6. The second-order valence-electron chi connectivity index (χ2n) is 2.90. The minimum absolute atomic E-state index is 0.314. The standard InChI is InChI=1S/C10H16BrNOS/c1-3-12-9(7-14-4-2)10-8(11)5-6-13-10/h5-6,9,12H,3-4,7H2,1-2H3. The molecule has 1 aromatic rings. The van der Waals surface area contributed by atoms with Crippen LogP contribution in [0.25, 0.3) is 0 Å². The molecule has 0 bridgehead atoms. The van der Waals surface area contributed by atoms with E-state index in [1.165, 1.54) is 0 Å². The SMILES string of the molecule is CCNC(CSCC)c1occc1Br. The molecule has 1 atom stereocenters. The quantitative estimate of drug-likeness (QED) is 0.862. The lowest BCUT2D eigenvalue weighted by Gasteiger charge is -2.15. The summed E-state index contributed by atoms with van der Waals surface area (Å²) in [6, 6.07) is 2.25. The summed E-state index contributed by atoms with van der Waals surface area (Å²) in [6.07, 6.45) is 1.72. The lowest BCUT2D eigenvalue weighted by atomic mass is 10.2. The third kappa shape index (κ3) is 3.33. The van der Waals surface area contributed by atoms with Gasteiger partial charge in [-0.05, 0) is 34.3 Å². The van der Waals surface area contributed by atoms with E-state index in [0.717, 1.165) is 28.3 Å². The fourth-order valence-corrected chi connectivity index (χ4v) is 2.48. The lowest BCUT2D eigenvalue weighted by Crippen LogP contribution is -2.22. The predicted molar refractivity (Wildman–Crippen MR) is 65.8 cm³/mol. The minimum Gasteiger partial charge on any atom is -0.466 e. The van der Waals surface area contributed by atoms with Gasteiger partial charge in [-0.2, -0.15) is 11.8 Å². The van der Waals surface area contributed by atoms with E-state index in [0.29, 0.717) is 6.04 Å². The Kier molecular flexibility index (Phi) is 5.67. The van der Waals surface area contributed by atoms with Crippen molar-refractivity contribution in [2.75, 3.05) is 18.1 Å². The summed E-state index contributed by atoms with van der Waals surface area (Å²) in [5, 5.41) is 3.42. The molecule has 0 saturated carbocycles. The third-order valence-corrected chi connectivity index (χ3v) is 3.53. The van der Waals surface area contributed by atoms with E-state index in [2.05, 4.69) is 35.1 Å². The van der Waals surface area contributed by atoms with Gasteiger partial charge in [-0.1, -0.05) is 13.8 Å². The second-order valence-corrected chi connectivity index (χ2v) is 5.08. The van der Waals surface area contributed by atoms with Crippen LogP contribution >= 0.6 is 27.7 Å². The van der Waals surface area contributed by atoms with Gasteiger partial charge in [0.25, 0.3) is 0 Å². The molecule has 1 aromatic heterocycles. The number of halogens is 1. The summed E-state index contributed by atoms with van der Waals surface area (Å²) >= 11 is 5.41. The van der Waals surface area contributed by atoms with Crippen molar-refractivity contribution in [1.82, 2.24) is 5.32 Å². The first-order valence-corrected chi connectivity index (χ1v) is 6.78. The van der Waals surface area contributed by atoms with Gasteiger partial charge in [-0.3, -0.25) is 0 Å². The molecule has 0 spiro atoms. The first kappa shape index (κ1) is 12.1. The maximum Gasteiger partial charge on any atom is 0.135 e. The van der Waals surface area contributed by atoms with Crippen molar-refractivity contribution < 1.29 is 4.42 Å². The van der Waals surface area contributed by atoms with Crippen molar-refractivity contribution in [2.45, 2.75) is 19.9 Å². The average molecular weight is 278 g/mol. The summed E-state index contributed by atoms with van der Waals surface area (Å²) in [5.74, 6) is 3.20. The van der Waals surface area contributed by atoms with E-state index in [1.54, 1.807) is 6.26 Å². The Labute approximate surface area is 98.0 Å². The van der Waals surface area contributed by atoms with E-state index >= 15 is 0 Å². The maximum absolute atomic E-state index is 5.45. The molecule has 0 aliphatic carbocycles. The minimum atomic E-state index is 0.314. The van der Waals surface area contributed by atoms with Crippen molar-refractivity contribution in [1.29, 1.82) is 0 Å². The molecule has 1 heterocycles. The van der Waals surface area contributed by atoms with E-state index in [1.807, 2.05) is 17.8 Å². The van der Waals surface area contributed by atoms with Crippen molar-refractivity contribution in [3.8, 4) is 0 Å². The Morgan fingerprint density at radius 1 is 1.57 bits per heavy atom. The first-order chi connectivity index (χ1) is 6.79. The molecule has 1 unspecified atom stereocenters. The molecule has 0 aliphatic heterocycles. The molecular formula is C10H16BrNOS. The maximum atomic E-state index is 5.45. The van der Waals surface area contributed by atoms with Crippen molar-refractivity contribution >= 4 is 27.7 Å². The van der Waals surface area contributed by atoms with E-state index in [9.17, 15) is 0 Å². The highest BCUT2D eigenvalue weighted by atomic mass is 79.9. The molecule has 4 heteroatoms. The van der Waals surface area contributed by atoms with E-state index in [-0.39, 0.29) is 0 Å². The van der Waals surface area contributed by atoms with Gasteiger partial charge in [0, 0.05) is 5.75 Å². The van der Waals surface area contributed by atoms with Gasteiger partial charge in [-0.25, -0.2) is 0 Å². The zero-order valence-corrected chi connectivity index (χ0v) is 11.0. The number of furan rings is 1. The molecule has 14 heavy (non-hydrogen) atoms. The fourth-order valence-electron chi connectivity index (χ4n) is 1.26. The highest BCUT2D eigenvalue weighted by Crippen LogP contribution is 2.26. The molecule has 1 N–H and O–H groups in total. The zero-order chi connectivity index (χ0) is 10.4. The third-order valence-electron chi connectivity index (χ3n) is 1.90. The van der Waals surface area contributed by atoms with E-state index in [4.69, 9.17) is 4.42 Å². The normalized spacial score (nSPS) is 13.1. The summed E-state index contributed by atoms with van der Waals surface area (Å²) in [4.78, 5) is 0. The second kappa shape index (κ2) is 6.53. The Bertz CT molecular complexity index is 264. The summed E-state index contributed by atoms with van der Waals surface area (Å²) in [6.45, 7) is 5.24. The van der Waals surface area contributed by atoms with Gasteiger partial charge >= 0.3 is 0 Å². The smallest absolute Gasteiger partial charge is 0.135 e. The van der Waals surface area contributed by atoms with Crippen LogP contribution in [-0.2, 0) is 0 Å². The topological polar surface area (TPSA) is 25.2 Å². The molecular weight excluding hydrogens is 262 g/mol. The number of nitrogens with one attached hydrogen (secondary N) is 1. The molecule has 80 valence electrons. The zero-order valence-electron chi connectivity index (χ0n) is 8.55. The Hall–Kier alpha value is 0.0700. The highest BCUT2D eigenvalue weighted by Gasteiger charge is 2.16. The van der Waals surface area contributed by atoms with Gasteiger partial charge in [0.2, 0.25) is 0 Å². The predicted octanol–water partition coefficient (Wildman–Crippen LogP) is 3.45. The Morgan fingerprint density at radius 2 is 2.36 bits per heavy atom. The molecule has 0 aliphatic rings. The van der Waals surface area contributed by atoms with Crippen molar-refractivity contribution in [3.63, 3.8) is 0 Å². The van der Waals surface area contributed by atoms with Gasteiger partial charge < -0.3 is 9.73 Å². The largest absolute Gasteiger partial charge is 0.466 e. The molecule has 2 nitrogen and oxygen atoms in total. The van der Waals surface area contributed by atoms with Crippen LogP contribution in [0.5, 0.6) is 0 Å². The van der Waals surface area contributed by atoms with Crippen LogP contribution < -0.4 is 5.32 Å². The molecule has 0 radical (unpaired) electrons. The first-order valence-electron chi connectivity index (χ1n) is 4.83. The Morgan fingerprint density at radius 3 is 2.86 bits per heavy atom. The lowest BCUT2D eigenvalue weighted by molar-refractivity contribution is 0.438. The summed E-state index contributed by atoms with van der Waals surface area (Å²) in [7, 11) is 0.